The summed E-state index contributed by atoms with van der Waals surface area (Å²) >= 11 is 1.70. The molecule has 0 fully saturated rings. The molecule has 0 spiro atoms. The first-order chi connectivity index (χ1) is 10.3. The molecule has 112 valence electrons. The van der Waals surface area contributed by atoms with Crippen molar-refractivity contribution < 1.29 is 4.74 Å². The predicted molar refractivity (Wildman–Crippen MR) is 83.0 cm³/mol. The number of hydrogen-bond donors (Lipinski definition) is 0. The Bertz CT molecular complexity index is 566. The van der Waals surface area contributed by atoms with Crippen LogP contribution in [0, 0.1) is 5.92 Å². The molecule has 0 aliphatic carbocycles. The SMILES string of the molecule is C=CCOCC1CN(Cc2nccs2)Cc2nccn2C1. The van der Waals surface area contributed by atoms with Crippen LogP contribution >= 0.6 is 11.3 Å². The quantitative estimate of drug-likeness (QED) is 0.606. The van der Waals surface area contributed by atoms with Gasteiger partial charge in [-0.1, -0.05) is 6.08 Å². The van der Waals surface area contributed by atoms with Gasteiger partial charge in [0.2, 0.25) is 0 Å². The molecule has 1 unspecified atom stereocenters. The summed E-state index contributed by atoms with van der Waals surface area (Å²) in [6, 6.07) is 0. The second-order valence-electron chi connectivity index (χ2n) is 5.28. The number of thiazole rings is 1. The third kappa shape index (κ3) is 3.78. The van der Waals surface area contributed by atoms with Crippen molar-refractivity contribution in [1.29, 1.82) is 0 Å². The molecule has 2 aromatic heterocycles. The van der Waals surface area contributed by atoms with E-state index < -0.39 is 0 Å². The maximum atomic E-state index is 5.66. The molecule has 3 heterocycles. The maximum absolute atomic E-state index is 5.66. The van der Waals surface area contributed by atoms with Gasteiger partial charge in [-0.05, 0) is 0 Å². The minimum atomic E-state index is 0.459. The van der Waals surface area contributed by atoms with Crippen molar-refractivity contribution in [3.63, 3.8) is 0 Å². The summed E-state index contributed by atoms with van der Waals surface area (Å²) < 4.78 is 7.90. The van der Waals surface area contributed by atoms with Gasteiger partial charge in [-0.15, -0.1) is 17.9 Å². The van der Waals surface area contributed by atoms with Gasteiger partial charge in [0.1, 0.15) is 10.8 Å². The number of imidazole rings is 1. The number of hydrogen-bond acceptors (Lipinski definition) is 5. The Morgan fingerprint density at radius 2 is 2.33 bits per heavy atom. The number of fused-ring (bicyclic) bond motifs is 1. The third-order valence-corrected chi connectivity index (χ3v) is 4.33. The topological polar surface area (TPSA) is 43.2 Å². The highest BCUT2D eigenvalue weighted by Crippen LogP contribution is 2.18. The van der Waals surface area contributed by atoms with E-state index in [1.54, 1.807) is 17.4 Å². The molecule has 0 bridgehead atoms. The van der Waals surface area contributed by atoms with Gasteiger partial charge in [0.15, 0.2) is 0 Å². The Kier molecular flexibility index (Phi) is 4.80. The average molecular weight is 304 g/mol. The van der Waals surface area contributed by atoms with Crippen molar-refractivity contribution in [2.75, 3.05) is 19.8 Å². The lowest BCUT2D eigenvalue weighted by molar-refractivity contribution is 0.0943. The molecule has 6 heteroatoms. The Balaban J connectivity index is 1.69. The lowest BCUT2D eigenvalue weighted by atomic mass is 10.1. The van der Waals surface area contributed by atoms with Crippen LogP contribution in [-0.4, -0.2) is 39.2 Å². The fraction of sp³-hybridized carbons (Fsp3) is 0.467. The van der Waals surface area contributed by atoms with Gasteiger partial charge in [-0.3, -0.25) is 4.90 Å². The van der Waals surface area contributed by atoms with Gasteiger partial charge in [-0.25, -0.2) is 9.97 Å². The second-order valence-corrected chi connectivity index (χ2v) is 6.26. The molecule has 0 N–H and O–H groups in total. The maximum Gasteiger partial charge on any atom is 0.122 e. The number of ether oxygens (including phenoxy) is 1. The van der Waals surface area contributed by atoms with Crippen LogP contribution in [0.15, 0.2) is 36.6 Å². The van der Waals surface area contributed by atoms with Crippen molar-refractivity contribution in [2.45, 2.75) is 19.6 Å². The van der Waals surface area contributed by atoms with Gasteiger partial charge < -0.3 is 9.30 Å². The lowest BCUT2D eigenvalue weighted by Crippen LogP contribution is -2.30. The van der Waals surface area contributed by atoms with E-state index in [-0.39, 0.29) is 0 Å². The Morgan fingerprint density at radius 1 is 1.38 bits per heavy atom. The Morgan fingerprint density at radius 3 is 3.14 bits per heavy atom. The lowest BCUT2D eigenvalue weighted by Gasteiger charge is -2.22. The standard InChI is InChI=1S/C15H20N4OS/c1-2-6-20-12-13-8-18(11-15-17-4-7-21-15)10-14-16-3-5-19(14)9-13/h2-5,7,13H,1,6,8-12H2. The molecule has 1 atom stereocenters. The van der Waals surface area contributed by atoms with Crippen LogP contribution < -0.4 is 0 Å². The zero-order valence-corrected chi connectivity index (χ0v) is 12.8. The first-order valence-corrected chi connectivity index (χ1v) is 8.02. The van der Waals surface area contributed by atoms with Gasteiger partial charge >= 0.3 is 0 Å². The molecule has 0 amide bonds. The normalized spacial score (nSPS) is 19.1. The van der Waals surface area contributed by atoms with Gasteiger partial charge in [0.25, 0.3) is 0 Å². The summed E-state index contributed by atoms with van der Waals surface area (Å²) in [6.07, 6.45) is 7.60. The molecule has 2 aromatic rings. The van der Waals surface area contributed by atoms with E-state index in [0.29, 0.717) is 12.5 Å². The van der Waals surface area contributed by atoms with Gasteiger partial charge in [0.05, 0.1) is 26.3 Å². The minimum Gasteiger partial charge on any atom is -0.377 e. The summed E-state index contributed by atoms with van der Waals surface area (Å²) in [5.41, 5.74) is 0. The zero-order chi connectivity index (χ0) is 14.5. The summed E-state index contributed by atoms with van der Waals surface area (Å²) in [5.74, 6) is 1.58. The van der Waals surface area contributed by atoms with Crippen LogP contribution in [0.5, 0.6) is 0 Å². The predicted octanol–water partition coefficient (Wildman–Crippen LogP) is 2.17. The molecule has 0 aromatic carbocycles. The zero-order valence-electron chi connectivity index (χ0n) is 12.0. The molecule has 5 nitrogen and oxygen atoms in total. The van der Waals surface area contributed by atoms with Crippen molar-refractivity contribution in [3.8, 4) is 0 Å². The molecule has 1 aliphatic heterocycles. The summed E-state index contributed by atoms with van der Waals surface area (Å²) in [7, 11) is 0. The van der Waals surface area contributed by atoms with Crippen LogP contribution in [0.4, 0.5) is 0 Å². The Labute approximate surface area is 128 Å². The van der Waals surface area contributed by atoms with E-state index in [1.807, 2.05) is 17.8 Å². The van der Waals surface area contributed by atoms with Crippen molar-refractivity contribution in [3.05, 3.63) is 47.5 Å². The molecule has 0 radical (unpaired) electrons. The fourth-order valence-corrected chi connectivity index (χ4v) is 3.35. The monoisotopic (exact) mass is 304 g/mol. The van der Waals surface area contributed by atoms with Crippen LogP contribution in [0.3, 0.4) is 0 Å². The van der Waals surface area contributed by atoms with Crippen molar-refractivity contribution >= 4 is 11.3 Å². The molecule has 1 aliphatic rings. The molecule has 21 heavy (non-hydrogen) atoms. The first-order valence-electron chi connectivity index (χ1n) is 7.14. The van der Waals surface area contributed by atoms with E-state index >= 15 is 0 Å². The van der Waals surface area contributed by atoms with Crippen molar-refractivity contribution in [1.82, 2.24) is 19.4 Å². The molecular weight excluding hydrogens is 284 g/mol. The first kappa shape index (κ1) is 14.4. The molecule has 3 rings (SSSR count). The largest absolute Gasteiger partial charge is 0.377 e. The molecular formula is C15H20N4OS. The third-order valence-electron chi connectivity index (χ3n) is 3.57. The summed E-state index contributed by atoms with van der Waals surface area (Å²) in [4.78, 5) is 11.3. The van der Waals surface area contributed by atoms with Crippen LogP contribution in [-0.2, 0) is 24.4 Å². The second kappa shape index (κ2) is 6.98. The van der Waals surface area contributed by atoms with E-state index in [1.165, 1.54) is 0 Å². The van der Waals surface area contributed by atoms with E-state index in [9.17, 15) is 0 Å². The number of aromatic nitrogens is 3. The van der Waals surface area contributed by atoms with E-state index in [4.69, 9.17) is 4.74 Å². The smallest absolute Gasteiger partial charge is 0.122 e. The highest BCUT2D eigenvalue weighted by Gasteiger charge is 2.23. The highest BCUT2D eigenvalue weighted by atomic mass is 32.1. The van der Waals surface area contributed by atoms with Gasteiger partial charge in [0, 0.05) is 43.0 Å². The number of rotatable bonds is 6. The molecule has 0 saturated heterocycles. The Hall–Kier alpha value is -1.50. The van der Waals surface area contributed by atoms with Crippen LogP contribution in [0.1, 0.15) is 10.8 Å². The van der Waals surface area contributed by atoms with E-state index in [0.717, 1.165) is 43.6 Å². The van der Waals surface area contributed by atoms with Crippen LogP contribution in [0.2, 0.25) is 0 Å². The summed E-state index contributed by atoms with van der Waals surface area (Å²) in [6.45, 7) is 8.76. The molecule has 0 saturated carbocycles. The minimum absolute atomic E-state index is 0.459. The fourth-order valence-electron chi connectivity index (χ4n) is 2.69. The average Bonchev–Trinajstić information content (AvgIpc) is 3.09. The summed E-state index contributed by atoms with van der Waals surface area (Å²) in [5, 5.41) is 3.18. The highest BCUT2D eigenvalue weighted by molar-refractivity contribution is 7.09. The van der Waals surface area contributed by atoms with E-state index in [2.05, 4.69) is 32.2 Å². The van der Waals surface area contributed by atoms with Crippen molar-refractivity contribution in [2.24, 2.45) is 5.92 Å². The number of nitrogens with zero attached hydrogens (tertiary/aromatic N) is 4. The van der Waals surface area contributed by atoms with Crippen LogP contribution in [0.25, 0.3) is 0 Å². The van der Waals surface area contributed by atoms with Gasteiger partial charge in [-0.2, -0.15) is 0 Å².